The molecular weight excluding hydrogens is 493 g/mol. The topological polar surface area (TPSA) is 98.6 Å². The molecule has 0 bridgehead atoms. The molecule has 3 heterocycles. The van der Waals surface area contributed by atoms with Crippen molar-refractivity contribution in [3.8, 4) is 10.6 Å². The highest BCUT2D eigenvalue weighted by Crippen LogP contribution is 2.43. The number of anilines is 1. The first-order valence-corrected chi connectivity index (χ1v) is 12.5. The molecular formula is C25H29F3N4O3S. The molecule has 0 amide bonds. The largest absolute Gasteiger partial charge is 0.481 e. The molecule has 1 saturated carbocycles. The minimum absolute atomic E-state index is 0.0977. The van der Waals surface area contributed by atoms with Gasteiger partial charge < -0.3 is 20.4 Å². The third-order valence-corrected chi connectivity index (χ3v) is 8.15. The van der Waals surface area contributed by atoms with Gasteiger partial charge in [0.05, 0.1) is 22.1 Å². The maximum atomic E-state index is 13.2. The Kier molecular flexibility index (Phi) is 7.16. The van der Waals surface area contributed by atoms with Gasteiger partial charge in [-0.15, -0.1) is 11.3 Å². The first kappa shape index (κ1) is 26.2. The van der Waals surface area contributed by atoms with Crippen molar-refractivity contribution in [1.29, 1.82) is 0 Å². The van der Waals surface area contributed by atoms with E-state index in [9.17, 15) is 28.2 Å². The number of hydrogen-bond donors (Lipinski definition) is 3. The normalized spacial score (nSPS) is 22.5. The van der Waals surface area contributed by atoms with Gasteiger partial charge in [0.15, 0.2) is 0 Å². The first-order valence-electron chi connectivity index (χ1n) is 11.7. The zero-order valence-electron chi connectivity index (χ0n) is 20.3. The number of pyridine rings is 1. The average molecular weight is 523 g/mol. The molecule has 4 rings (SSSR count). The van der Waals surface area contributed by atoms with Gasteiger partial charge in [-0.2, -0.15) is 13.2 Å². The van der Waals surface area contributed by atoms with Crippen LogP contribution in [-0.4, -0.2) is 50.8 Å². The maximum Gasteiger partial charge on any atom is 0.416 e. The van der Waals surface area contributed by atoms with Crippen LogP contribution in [0.5, 0.6) is 0 Å². The minimum Gasteiger partial charge on any atom is -0.481 e. The lowest BCUT2D eigenvalue weighted by Crippen LogP contribution is -2.35. The number of nitrogens with one attached hydrogen (secondary N) is 1. The number of likely N-dealkylation sites (N-methyl/N-ethyl adjacent to an activating group) is 1. The second-order valence-electron chi connectivity index (χ2n) is 9.67. The Morgan fingerprint density at radius 2 is 1.92 bits per heavy atom. The number of carboxylic acid groups (broad SMARTS) is 1. The Morgan fingerprint density at radius 3 is 2.56 bits per heavy atom. The Bertz CT molecular complexity index is 1200. The Labute approximate surface area is 211 Å². The molecule has 1 atom stereocenters. The number of aryl methyl sites for hydroxylation is 1. The lowest BCUT2D eigenvalue weighted by atomic mass is 9.74. The SMILES string of the molecule is Cc1cc(NC2=CC(C(F)(F)F)=CCN2C)nc(-c2cnc(C(C)(O)C3CCC(C(=O)O)CC3)s2)c1. The molecule has 1 aliphatic heterocycles. The second kappa shape index (κ2) is 9.85. The second-order valence-corrected chi connectivity index (χ2v) is 10.7. The van der Waals surface area contributed by atoms with Gasteiger partial charge in [0.2, 0.25) is 0 Å². The fraction of sp³-hybridized carbons (Fsp3) is 0.480. The highest BCUT2D eigenvalue weighted by Gasteiger charge is 2.40. The van der Waals surface area contributed by atoms with E-state index in [1.54, 1.807) is 31.1 Å². The minimum atomic E-state index is -4.43. The number of aromatic nitrogens is 2. The van der Waals surface area contributed by atoms with Crippen molar-refractivity contribution in [3.63, 3.8) is 0 Å². The number of thiazole rings is 1. The zero-order valence-corrected chi connectivity index (χ0v) is 21.1. The lowest BCUT2D eigenvalue weighted by Gasteiger charge is -2.35. The average Bonchev–Trinajstić information content (AvgIpc) is 3.31. The molecule has 0 spiro atoms. The number of alkyl halides is 3. The number of aliphatic carboxylic acids is 1. The van der Waals surface area contributed by atoms with Crippen molar-refractivity contribution in [1.82, 2.24) is 14.9 Å². The van der Waals surface area contributed by atoms with E-state index in [0.717, 1.165) is 22.6 Å². The molecule has 3 N–H and O–H groups in total. The van der Waals surface area contributed by atoms with E-state index in [2.05, 4.69) is 15.3 Å². The molecule has 2 aromatic heterocycles. The quantitative estimate of drug-likeness (QED) is 0.474. The summed E-state index contributed by atoms with van der Waals surface area (Å²) in [5.74, 6) is -0.564. The maximum absolute atomic E-state index is 13.2. The van der Waals surface area contributed by atoms with E-state index in [-0.39, 0.29) is 18.4 Å². The summed E-state index contributed by atoms with van der Waals surface area (Å²) >= 11 is 1.31. The van der Waals surface area contributed by atoms with Gasteiger partial charge in [-0.05, 0) is 69.2 Å². The highest BCUT2D eigenvalue weighted by atomic mass is 32.1. The van der Waals surface area contributed by atoms with Crippen molar-refractivity contribution in [2.45, 2.75) is 51.3 Å². The van der Waals surface area contributed by atoms with Crippen molar-refractivity contribution in [3.05, 3.63) is 52.4 Å². The number of carbonyl (C=O) groups is 1. The standard InChI is InChI=1S/C25H29F3N4O3S/c1-14-10-18(30-20(11-14)31-21-12-17(25(26,27)28)8-9-32(21)3)19-13-29-23(36-19)24(2,35)16-6-4-15(5-7-16)22(33)34/h8,10-13,15-16,35H,4-7,9H2,1-3H3,(H,30,31)(H,33,34). The molecule has 36 heavy (non-hydrogen) atoms. The van der Waals surface area contributed by atoms with Crippen LogP contribution in [0.4, 0.5) is 19.0 Å². The van der Waals surface area contributed by atoms with E-state index in [4.69, 9.17) is 0 Å². The summed E-state index contributed by atoms with van der Waals surface area (Å²) in [7, 11) is 1.70. The lowest BCUT2D eigenvalue weighted by molar-refractivity contribution is -0.144. The molecule has 0 saturated heterocycles. The van der Waals surface area contributed by atoms with Crippen LogP contribution in [0.1, 0.15) is 43.2 Å². The number of allylic oxidation sites excluding steroid dienone is 2. The fourth-order valence-corrected chi connectivity index (χ4v) is 5.67. The summed E-state index contributed by atoms with van der Waals surface area (Å²) in [5.41, 5.74) is -0.449. The van der Waals surface area contributed by atoms with Crippen LogP contribution in [0, 0.1) is 18.8 Å². The molecule has 0 radical (unpaired) electrons. The smallest absolute Gasteiger partial charge is 0.416 e. The number of rotatable bonds is 6. The molecule has 2 aliphatic rings. The van der Waals surface area contributed by atoms with E-state index < -0.39 is 23.3 Å². The molecule has 11 heteroatoms. The third-order valence-electron chi connectivity index (χ3n) is 6.90. The number of nitrogens with zero attached hydrogens (tertiary/aromatic N) is 3. The van der Waals surface area contributed by atoms with E-state index in [1.165, 1.54) is 11.3 Å². The Balaban J connectivity index is 1.54. The molecule has 1 unspecified atom stereocenters. The van der Waals surface area contributed by atoms with Crippen molar-refractivity contribution in [2.24, 2.45) is 11.8 Å². The van der Waals surface area contributed by atoms with E-state index in [1.807, 2.05) is 13.0 Å². The predicted octanol–water partition coefficient (Wildman–Crippen LogP) is 5.30. The number of aliphatic hydroxyl groups is 1. The van der Waals surface area contributed by atoms with Crippen LogP contribution in [0.3, 0.4) is 0 Å². The van der Waals surface area contributed by atoms with E-state index >= 15 is 0 Å². The molecule has 0 aromatic carbocycles. The molecule has 1 aliphatic carbocycles. The number of carboxylic acids is 1. The molecule has 2 aromatic rings. The molecule has 194 valence electrons. The number of hydrogen-bond acceptors (Lipinski definition) is 7. The van der Waals surface area contributed by atoms with Gasteiger partial charge in [0, 0.05) is 19.8 Å². The van der Waals surface area contributed by atoms with Crippen molar-refractivity contribution < 1.29 is 28.2 Å². The predicted molar refractivity (Wildman–Crippen MR) is 131 cm³/mol. The van der Waals surface area contributed by atoms with Crippen LogP contribution in [0.2, 0.25) is 0 Å². The molecule has 1 fully saturated rings. The van der Waals surface area contributed by atoms with Crippen molar-refractivity contribution >= 4 is 23.1 Å². The summed E-state index contributed by atoms with van der Waals surface area (Å²) in [6, 6.07) is 3.61. The van der Waals surface area contributed by atoms with Gasteiger partial charge >= 0.3 is 12.1 Å². The monoisotopic (exact) mass is 522 g/mol. The summed E-state index contributed by atoms with van der Waals surface area (Å²) in [5, 5.41) is 24.1. The highest BCUT2D eigenvalue weighted by molar-refractivity contribution is 7.15. The van der Waals surface area contributed by atoms with Gasteiger partial charge in [0.25, 0.3) is 0 Å². The third kappa shape index (κ3) is 5.57. The van der Waals surface area contributed by atoms with Crippen LogP contribution in [-0.2, 0) is 10.4 Å². The van der Waals surface area contributed by atoms with Gasteiger partial charge in [-0.1, -0.05) is 6.08 Å². The van der Waals surface area contributed by atoms with Crippen LogP contribution in [0.15, 0.2) is 41.9 Å². The Hall–Kier alpha value is -2.92. The summed E-state index contributed by atoms with van der Waals surface area (Å²) in [4.78, 5) is 22.7. The van der Waals surface area contributed by atoms with Gasteiger partial charge in [0.1, 0.15) is 22.2 Å². The zero-order chi connectivity index (χ0) is 26.3. The van der Waals surface area contributed by atoms with Crippen LogP contribution < -0.4 is 5.32 Å². The van der Waals surface area contributed by atoms with Gasteiger partial charge in [-0.25, -0.2) is 9.97 Å². The van der Waals surface area contributed by atoms with Crippen LogP contribution >= 0.6 is 11.3 Å². The van der Waals surface area contributed by atoms with Gasteiger partial charge in [-0.3, -0.25) is 4.79 Å². The van der Waals surface area contributed by atoms with Crippen molar-refractivity contribution in [2.75, 3.05) is 18.9 Å². The number of halogens is 3. The first-order chi connectivity index (χ1) is 16.8. The Morgan fingerprint density at radius 1 is 1.22 bits per heavy atom. The summed E-state index contributed by atoms with van der Waals surface area (Å²) in [6.07, 6.45) is 1.67. The molecule has 7 nitrogen and oxygen atoms in total. The van der Waals surface area contributed by atoms with Crippen LogP contribution in [0.25, 0.3) is 10.6 Å². The fourth-order valence-electron chi connectivity index (χ4n) is 4.67. The summed E-state index contributed by atoms with van der Waals surface area (Å²) < 4.78 is 39.6. The summed E-state index contributed by atoms with van der Waals surface area (Å²) in [6.45, 7) is 3.71. The van der Waals surface area contributed by atoms with E-state index in [0.29, 0.717) is 48.0 Å².